The number of aryl methyl sites for hydroxylation is 2. The maximum Gasteiger partial charge on any atom is 0.259 e. The molecule has 0 unspecified atom stereocenters. The fraction of sp³-hybridized carbons (Fsp3) is 0.769. The molecule has 0 aliphatic heterocycles. The van der Waals surface area contributed by atoms with Crippen molar-refractivity contribution in [2.45, 2.75) is 57.1 Å². The summed E-state index contributed by atoms with van der Waals surface area (Å²) in [6, 6.07) is 0.666. The number of hydrogen-bond acceptors (Lipinski definition) is 4. The van der Waals surface area contributed by atoms with Gasteiger partial charge in [-0.3, -0.25) is 0 Å². The molecule has 1 aromatic rings. The first kappa shape index (κ1) is 15.5. The van der Waals surface area contributed by atoms with Gasteiger partial charge in [0.15, 0.2) is 5.03 Å². The summed E-state index contributed by atoms with van der Waals surface area (Å²) in [6.45, 7) is 5.98. The van der Waals surface area contributed by atoms with Gasteiger partial charge < -0.3 is 9.88 Å². The third-order valence-electron chi connectivity index (χ3n) is 3.35. The number of rotatable bonds is 9. The third-order valence-corrected chi connectivity index (χ3v) is 4.68. The van der Waals surface area contributed by atoms with Crippen LogP contribution in [0.15, 0.2) is 11.2 Å². The number of hydrogen-bond donors (Lipinski definition) is 2. The van der Waals surface area contributed by atoms with Crippen molar-refractivity contribution in [1.82, 2.24) is 19.6 Å². The molecule has 0 radical (unpaired) electrons. The second-order valence-corrected chi connectivity index (χ2v) is 7.01. The normalized spacial score (nSPS) is 15.7. The van der Waals surface area contributed by atoms with Crippen LogP contribution in [0.25, 0.3) is 0 Å². The van der Waals surface area contributed by atoms with E-state index in [1.165, 1.54) is 12.8 Å². The van der Waals surface area contributed by atoms with Gasteiger partial charge in [-0.2, -0.15) is 0 Å². The number of imidazole rings is 1. The lowest BCUT2D eigenvalue weighted by atomic mass is 10.4. The highest BCUT2D eigenvalue weighted by Crippen LogP contribution is 2.18. The van der Waals surface area contributed by atoms with E-state index in [1.807, 2.05) is 11.5 Å². The van der Waals surface area contributed by atoms with E-state index in [1.54, 1.807) is 6.20 Å². The van der Waals surface area contributed by atoms with E-state index in [0.29, 0.717) is 12.6 Å². The second kappa shape index (κ2) is 6.69. The van der Waals surface area contributed by atoms with E-state index in [9.17, 15) is 8.42 Å². The molecule has 0 saturated heterocycles. The Morgan fingerprint density at radius 2 is 2.15 bits per heavy atom. The first-order valence-electron chi connectivity index (χ1n) is 7.29. The molecule has 0 spiro atoms. The molecule has 20 heavy (non-hydrogen) atoms. The van der Waals surface area contributed by atoms with Gasteiger partial charge in [0.1, 0.15) is 5.82 Å². The topological polar surface area (TPSA) is 76.0 Å². The van der Waals surface area contributed by atoms with Crippen LogP contribution in [-0.2, 0) is 16.6 Å². The molecule has 0 bridgehead atoms. The minimum Gasteiger partial charge on any atom is -0.334 e. The fourth-order valence-corrected chi connectivity index (χ4v) is 3.12. The third kappa shape index (κ3) is 4.29. The number of sulfonamides is 1. The van der Waals surface area contributed by atoms with Crippen molar-refractivity contribution in [2.24, 2.45) is 0 Å². The number of nitrogens with zero attached hydrogens (tertiary/aromatic N) is 2. The summed E-state index contributed by atoms with van der Waals surface area (Å²) >= 11 is 0. The first-order chi connectivity index (χ1) is 9.53. The first-order valence-corrected chi connectivity index (χ1v) is 8.78. The van der Waals surface area contributed by atoms with Crippen LogP contribution < -0.4 is 10.0 Å². The molecule has 0 atom stereocenters. The minimum atomic E-state index is -3.48. The number of aromatic nitrogens is 2. The largest absolute Gasteiger partial charge is 0.334 e. The zero-order valence-electron chi connectivity index (χ0n) is 12.2. The van der Waals surface area contributed by atoms with Crippen LogP contribution in [0.2, 0.25) is 0 Å². The molecular formula is C13H24N4O2S. The van der Waals surface area contributed by atoms with Crippen LogP contribution in [0.4, 0.5) is 0 Å². The summed E-state index contributed by atoms with van der Waals surface area (Å²) in [7, 11) is -3.48. The van der Waals surface area contributed by atoms with Gasteiger partial charge >= 0.3 is 0 Å². The van der Waals surface area contributed by atoms with Gasteiger partial charge in [0.25, 0.3) is 10.0 Å². The van der Waals surface area contributed by atoms with Gasteiger partial charge in [0.2, 0.25) is 0 Å². The Labute approximate surface area is 121 Å². The van der Waals surface area contributed by atoms with Gasteiger partial charge in [-0.25, -0.2) is 18.1 Å². The highest BCUT2D eigenvalue weighted by atomic mass is 32.2. The Bertz CT molecular complexity index is 535. The predicted octanol–water partition coefficient (Wildman–Crippen LogP) is 1.02. The summed E-state index contributed by atoms with van der Waals surface area (Å²) in [4.78, 5) is 4.13. The van der Waals surface area contributed by atoms with Crippen molar-refractivity contribution in [3.8, 4) is 0 Å². The van der Waals surface area contributed by atoms with E-state index in [4.69, 9.17) is 0 Å². The molecule has 2 N–H and O–H groups in total. The van der Waals surface area contributed by atoms with Crippen LogP contribution in [0.3, 0.4) is 0 Å². The molecule has 2 rings (SSSR count). The van der Waals surface area contributed by atoms with Gasteiger partial charge in [-0.05, 0) is 39.2 Å². The zero-order valence-corrected chi connectivity index (χ0v) is 13.0. The molecule has 1 aliphatic rings. The van der Waals surface area contributed by atoms with Crippen LogP contribution in [0.1, 0.15) is 38.4 Å². The Hall–Kier alpha value is -0.920. The van der Waals surface area contributed by atoms with Crippen molar-refractivity contribution >= 4 is 10.0 Å². The van der Waals surface area contributed by atoms with Gasteiger partial charge in [0.05, 0.1) is 0 Å². The quantitative estimate of drug-likeness (QED) is 0.668. The highest BCUT2D eigenvalue weighted by molar-refractivity contribution is 7.89. The molecule has 114 valence electrons. The Morgan fingerprint density at radius 1 is 1.40 bits per heavy atom. The van der Waals surface area contributed by atoms with Crippen LogP contribution in [0.5, 0.6) is 0 Å². The van der Waals surface area contributed by atoms with Gasteiger partial charge in [-0.15, -0.1) is 0 Å². The average molecular weight is 300 g/mol. The van der Waals surface area contributed by atoms with Crippen LogP contribution >= 0.6 is 0 Å². The molecule has 6 nitrogen and oxygen atoms in total. The zero-order chi connectivity index (χ0) is 14.6. The summed E-state index contributed by atoms with van der Waals surface area (Å²) in [5, 5.41) is 3.48. The van der Waals surface area contributed by atoms with E-state index in [-0.39, 0.29) is 5.03 Å². The molecule has 7 heteroatoms. The van der Waals surface area contributed by atoms with Crippen LogP contribution in [0, 0.1) is 6.92 Å². The molecular weight excluding hydrogens is 276 g/mol. The van der Waals surface area contributed by atoms with Crippen molar-refractivity contribution in [3.63, 3.8) is 0 Å². The van der Waals surface area contributed by atoms with Crippen molar-refractivity contribution in [1.29, 1.82) is 0 Å². The van der Waals surface area contributed by atoms with Gasteiger partial charge in [-0.1, -0.05) is 6.92 Å². The van der Waals surface area contributed by atoms with Crippen molar-refractivity contribution in [2.75, 3.05) is 13.1 Å². The summed E-state index contributed by atoms with van der Waals surface area (Å²) < 4.78 is 28.7. The highest BCUT2D eigenvalue weighted by Gasteiger charge is 2.20. The summed E-state index contributed by atoms with van der Waals surface area (Å²) in [5.74, 6) is 0.739. The van der Waals surface area contributed by atoms with E-state index >= 15 is 0 Å². The molecule has 1 heterocycles. The maximum atomic E-state index is 12.1. The standard InChI is InChI=1S/C13H24N4O2S/c1-3-9-17-10-13(16-11(17)2)20(18,19)15-8-4-7-14-12-5-6-12/h10,12,14-15H,3-9H2,1-2H3. The lowest BCUT2D eigenvalue weighted by Crippen LogP contribution is -2.28. The molecule has 0 amide bonds. The lowest BCUT2D eigenvalue weighted by molar-refractivity contribution is 0.570. The fourth-order valence-electron chi connectivity index (χ4n) is 2.04. The lowest BCUT2D eigenvalue weighted by Gasteiger charge is -2.05. The Kier molecular flexibility index (Phi) is 5.17. The Balaban J connectivity index is 1.83. The molecule has 0 aromatic carbocycles. The minimum absolute atomic E-state index is 0.124. The monoisotopic (exact) mass is 300 g/mol. The smallest absolute Gasteiger partial charge is 0.259 e. The average Bonchev–Trinajstić information content (AvgIpc) is 3.13. The molecule has 1 aromatic heterocycles. The van der Waals surface area contributed by atoms with E-state index in [0.717, 1.165) is 31.8 Å². The maximum absolute atomic E-state index is 12.1. The molecule has 1 aliphatic carbocycles. The van der Waals surface area contributed by atoms with Crippen molar-refractivity contribution < 1.29 is 8.42 Å². The molecule has 1 fully saturated rings. The molecule has 1 saturated carbocycles. The SMILES string of the molecule is CCCn1cc(S(=O)(=O)NCCCNC2CC2)nc1C. The van der Waals surface area contributed by atoms with Crippen molar-refractivity contribution in [3.05, 3.63) is 12.0 Å². The van der Waals surface area contributed by atoms with E-state index < -0.39 is 10.0 Å². The summed E-state index contributed by atoms with van der Waals surface area (Å²) in [6.07, 6.45) is 5.87. The predicted molar refractivity (Wildman–Crippen MR) is 78.1 cm³/mol. The Morgan fingerprint density at radius 3 is 2.80 bits per heavy atom. The number of nitrogens with one attached hydrogen (secondary N) is 2. The van der Waals surface area contributed by atoms with Crippen LogP contribution in [-0.4, -0.2) is 37.1 Å². The second-order valence-electron chi connectivity index (χ2n) is 5.30. The van der Waals surface area contributed by atoms with Gasteiger partial charge in [0, 0.05) is 25.3 Å². The van der Waals surface area contributed by atoms with E-state index in [2.05, 4.69) is 21.9 Å². The summed E-state index contributed by atoms with van der Waals surface area (Å²) in [5.41, 5.74) is 0.